The van der Waals surface area contributed by atoms with Crippen LogP contribution < -0.4 is 10.1 Å². The van der Waals surface area contributed by atoms with Crippen molar-refractivity contribution in [3.63, 3.8) is 0 Å². The van der Waals surface area contributed by atoms with E-state index in [1.54, 1.807) is 6.92 Å². The monoisotopic (exact) mass is 396 g/mol. The van der Waals surface area contributed by atoms with Gasteiger partial charge < -0.3 is 10.1 Å². The lowest BCUT2D eigenvalue weighted by molar-refractivity contribution is -0.136. The molecule has 2 heterocycles. The number of pyridine rings is 1. The number of ether oxygens (including phenoxy) is 1. The minimum absolute atomic E-state index is 0.0108. The van der Waals surface area contributed by atoms with E-state index in [0.717, 1.165) is 12.1 Å². The van der Waals surface area contributed by atoms with Gasteiger partial charge in [0.25, 0.3) is 5.91 Å². The van der Waals surface area contributed by atoms with Crippen LogP contribution in [0.3, 0.4) is 0 Å². The number of nitrogens with one attached hydrogen (secondary N) is 1. The topological polar surface area (TPSA) is 69.0 Å². The molecule has 0 aliphatic heterocycles. The lowest BCUT2D eigenvalue weighted by Gasteiger charge is -2.12. The fraction of sp³-hybridized carbons (Fsp3) is 0.278. The Morgan fingerprint density at radius 3 is 2.61 bits per heavy atom. The van der Waals surface area contributed by atoms with Gasteiger partial charge in [-0.2, -0.15) is 23.3 Å². The molecule has 3 aromatic rings. The molecule has 10 heteroatoms. The highest BCUT2D eigenvalue weighted by Crippen LogP contribution is 2.37. The zero-order valence-electron chi connectivity index (χ0n) is 15.2. The molecule has 0 saturated heterocycles. The number of carbonyl (C=O) groups is 1. The minimum atomic E-state index is -4.64. The molecule has 0 aliphatic carbocycles. The number of nitrogens with zero attached hydrogens (tertiary/aromatic N) is 3. The Kier molecular flexibility index (Phi) is 4.97. The van der Waals surface area contributed by atoms with Crippen LogP contribution in [0.15, 0.2) is 24.3 Å². The third kappa shape index (κ3) is 3.90. The number of anilines is 1. The van der Waals surface area contributed by atoms with E-state index >= 15 is 0 Å². The number of aromatic nitrogens is 3. The van der Waals surface area contributed by atoms with E-state index in [-0.39, 0.29) is 28.3 Å². The quantitative estimate of drug-likeness (QED) is 0.682. The van der Waals surface area contributed by atoms with Crippen LogP contribution >= 0.6 is 0 Å². The highest BCUT2D eigenvalue weighted by Gasteiger charge is 2.35. The summed E-state index contributed by atoms with van der Waals surface area (Å²) in [6.07, 6.45) is -4.64. The summed E-state index contributed by atoms with van der Waals surface area (Å²) in [4.78, 5) is 16.0. The smallest absolute Gasteiger partial charge is 0.417 e. The zero-order chi connectivity index (χ0) is 20.6. The van der Waals surface area contributed by atoms with E-state index in [1.165, 1.54) is 30.8 Å². The molecule has 0 saturated carbocycles. The number of alkyl halides is 3. The van der Waals surface area contributed by atoms with Crippen LogP contribution in [-0.2, 0) is 18.0 Å². The van der Waals surface area contributed by atoms with Gasteiger partial charge in [0.15, 0.2) is 12.3 Å². The second-order valence-corrected chi connectivity index (χ2v) is 6.21. The van der Waals surface area contributed by atoms with Gasteiger partial charge >= 0.3 is 6.18 Å². The van der Waals surface area contributed by atoms with Crippen LogP contribution in [0.2, 0.25) is 0 Å². The van der Waals surface area contributed by atoms with Crippen molar-refractivity contribution in [2.75, 3.05) is 11.9 Å². The maximum Gasteiger partial charge on any atom is 0.417 e. The van der Waals surface area contributed by atoms with Gasteiger partial charge in [-0.05, 0) is 31.5 Å². The van der Waals surface area contributed by atoms with Gasteiger partial charge in [0, 0.05) is 18.8 Å². The Morgan fingerprint density at radius 2 is 1.96 bits per heavy atom. The van der Waals surface area contributed by atoms with Gasteiger partial charge in [-0.25, -0.2) is 4.39 Å². The number of fused-ring (bicyclic) bond motifs is 1. The Bertz CT molecular complexity index is 1060. The van der Waals surface area contributed by atoms with Crippen molar-refractivity contribution in [2.45, 2.75) is 20.0 Å². The maximum atomic E-state index is 13.5. The Morgan fingerprint density at radius 1 is 1.25 bits per heavy atom. The minimum Gasteiger partial charge on any atom is -0.467 e. The summed E-state index contributed by atoms with van der Waals surface area (Å²) < 4.78 is 60.1. The lowest BCUT2D eigenvalue weighted by Crippen LogP contribution is -2.21. The summed E-state index contributed by atoms with van der Waals surface area (Å²) in [5, 5.41) is 6.24. The van der Waals surface area contributed by atoms with Crippen molar-refractivity contribution >= 4 is 22.6 Å². The van der Waals surface area contributed by atoms with Gasteiger partial charge in [-0.3, -0.25) is 9.48 Å². The van der Waals surface area contributed by atoms with Crippen molar-refractivity contribution in [1.82, 2.24) is 14.8 Å². The summed E-state index contributed by atoms with van der Waals surface area (Å²) in [5.41, 5.74) is -0.151. The predicted octanol–water partition coefficient (Wildman–Crippen LogP) is 3.76. The summed E-state index contributed by atoms with van der Waals surface area (Å²) in [6, 6.07) is 4.86. The lowest BCUT2D eigenvalue weighted by atomic mass is 10.1. The van der Waals surface area contributed by atoms with Crippen LogP contribution in [0.1, 0.15) is 16.8 Å². The summed E-state index contributed by atoms with van der Waals surface area (Å²) in [5.74, 6) is -1.53. The number of hydrogen-bond donors (Lipinski definition) is 1. The average molecular weight is 396 g/mol. The maximum absolute atomic E-state index is 13.5. The molecule has 6 nitrogen and oxygen atoms in total. The number of carbonyl (C=O) groups excluding carboxylic acids is 1. The number of amides is 1. The molecule has 0 spiro atoms. The van der Waals surface area contributed by atoms with Crippen molar-refractivity contribution < 1.29 is 27.1 Å². The number of halogens is 4. The first-order valence-corrected chi connectivity index (χ1v) is 8.16. The SMILES string of the molecule is Cc1ccc(NC(=O)COc2cc(C(F)(F)F)c3c(C)nn(C)c3n2)cc1F. The fourth-order valence-corrected chi connectivity index (χ4v) is 2.73. The van der Waals surface area contributed by atoms with Crippen LogP contribution in [-0.4, -0.2) is 27.3 Å². The first kappa shape index (κ1) is 19.6. The largest absolute Gasteiger partial charge is 0.467 e. The van der Waals surface area contributed by atoms with E-state index in [2.05, 4.69) is 15.4 Å². The molecule has 0 radical (unpaired) electrons. The molecule has 0 unspecified atom stereocenters. The standard InChI is InChI=1S/C18H16F4N4O2/c1-9-4-5-11(6-13(9)19)23-14(27)8-28-15-7-12(18(20,21)22)16-10(2)25-26(3)17(16)24-15/h4-7H,8H2,1-3H3,(H,23,27). The van der Waals surface area contributed by atoms with E-state index in [9.17, 15) is 22.4 Å². The van der Waals surface area contributed by atoms with E-state index < -0.39 is 30.1 Å². The summed E-state index contributed by atoms with van der Waals surface area (Å²) >= 11 is 0. The predicted molar refractivity (Wildman–Crippen MR) is 93.5 cm³/mol. The van der Waals surface area contributed by atoms with Crippen LogP contribution in [0.4, 0.5) is 23.2 Å². The Balaban J connectivity index is 1.81. The van der Waals surface area contributed by atoms with Crippen LogP contribution in [0.5, 0.6) is 5.88 Å². The molecule has 1 amide bonds. The highest BCUT2D eigenvalue weighted by molar-refractivity contribution is 5.92. The van der Waals surface area contributed by atoms with E-state index in [0.29, 0.717) is 5.56 Å². The third-order valence-corrected chi connectivity index (χ3v) is 4.06. The number of hydrogen-bond acceptors (Lipinski definition) is 4. The van der Waals surface area contributed by atoms with Crippen LogP contribution in [0.25, 0.3) is 11.0 Å². The van der Waals surface area contributed by atoms with Crippen LogP contribution in [0, 0.1) is 19.7 Å². The van der Waals surface area contributed by atoms with Crippen molar-refractivity contribution in [3.8, 4) is 5.88 Å². The molecule has 3 rings (SSSR count). The average Bonchev–Trinajstić information content (AvgIpc) is 2.89. The zero-order valence-corrected chi connectivity index (χ0v) is 15.2. The molecule has 0 atom stereocenters. The molecule has 2 aromatic heterocycles. The number of aryl methyl sites for hydroxylation is 3. The molecular weight excluding hydrogens is 380 g/mol. The summed E-state index contributed by atoms with van der Waals surface area (Å²) in [7, 11) is 1.46. The molecule has 28 heavy (non-hydrogen) atoms. The first-order valence-electron chi connectivity index (χ1n) is 8.16. The summed E-state index contributed by atoms with van der Waals surface area (Å²) in [6.45, 7) is 2.43. The molecule has 148 valence electrons. The first-order chi connectivity index (χ1) is 13.1. The Hall–Kier alpha value is -3.17. The molecule has 0 aliphatic rings. The second kappa shape index (κ2) is 7.10. The van der Waals surface area contributed by atoms with Gasteiger partial charge in [0.2, 0.25) is 5.88 Å². The van der Waals surface area contributed by atoms with Crippen molar-refractivity contribution in [2.24, 2.45) is 7.05 Å². The molecular formula is C18H16F4N4O2. The van der Waals surface area contributed by atoms with Gasteiger partial charge in [-0.1, -0.05) is 6.07 Å². The van der Waals surface area contributed by atoms with Gasteiger partial charge in [-0.15, -0.1) is 0 Å². The molecule has 0 fully saturated rings. The second-order valence-electron chi connectivity index (χ2n) is 6.21. The molecule has 1 N–H and O–H groups in total. The van der Waals surface area contributed by atoms with E-state index in [4.69, 9.17) is 4.74 Å². The number of benzene rings is 1. The third-order valence-electron chi connectivity index (χ3n) is 4.06. The Labute approximate surface area is 157 Å². The van der Waals surface area contributed by atoms with Gasteiger partial charge in [0.1, 0.15) is 5.82 Å². The van der Waals surface area contributed by atoms with Crippen molar-refractivity contribution in [3.05, 3.63) is 46.9 Å². The molecule has 1 aromatic carbocycles. The number of rotatable bonds is 4. The van der Waals surface area contributed by atoms with Crippen molar-refractivity contribution in [1.29, 1.82) is 0 Å². The molecule has 0 bridgehead atoms. The fourth-order valence-electron chi connectivity index (χ4n) is 2.73. The highest BCUT2D eigenvalue weighted by atomic mass is 19.4. The normalized spacial score (nSPS) is 11.7. The van der Waals surface area contributed by atoms with Gasteiger partial charge in [0.05, 0.1) is 16.6 Å². The van der Waals surface area contributed by atoms with E-state index in [1.807, 2.05) is 0 Å².